The minimum Gasteiger partial charge on any atom is -0.457 e. The lowest BCUT2D eigenvalue weighted by atomic mass is 10.1. The molecule has 3 rings (SSSR count). The van der Waals surface area contributed by atoms with E-state index < -0.39 is 11.9 Å². The number of Topliss-reactive ketones (excluding diaryl/α,β-unsaturated/α-hetero) is 1. The average molecular weight is 427 g/mol. The molecule has 0 saturated carbocycles. The molecule has 7 nitrogen and oxygen atoms in total. The first-order chi connectivity index (χ1) is 14.8. The van der Waals surface area contributed by atoms with E-state index in [1.54, 1.807) is 12.0 Å². The van der Waals surface area contributed by atoms with Crippen molar-refractivity contribution in [3.8, 4) is 0 Å². The van der Waals surface area contributed by atoms with E-state index >= 15 is 0 Å². The van der Waals surface area contributed by atoms with Gasteiger partial charge in [0, 0.05) is 43.6 Å². The molecule has 0 unspecified atom stereocenters. The van der Waals surface area contributed by atoms with Gasteiger partial charge < -0.3 is 18.9 Å². The maximum absolute atomic E-state index is 12.6. The molecular weight excluding hydrogens is 396 g/mol. The number of hydrogen-bond acceptors (Lipinski definition) is 5. The zero-order valence-electron chi connectivity index (χ0n) is 18.6. The standard InChI is InChI=1S/C24H30N2O5/c1-16-12-21(18(3)25(16)10-11-30-4)22(27)15-31-24(29)20-13-23(28)26(14-20)17(2)19-8-6-5-7-9-19/h5-9,12,17,20H,10-11,13-15H2,1-4H3/t17-,20-/m0/s1. The van der Waals surface area contributed by atoms with E-state index in [1.807, 2.05) is 61.7 Å². The van der Waals surface area contributed by atoms with E-state index in [-0.39, 0.29) is 30.8 Å². The van der Waals surface area contributed by atoms with Crippen LogP contribution in [0.1, 0.15) is 46.7 Å². The summed E-state index contributed by atoms with van der Waals surface area (Å²) in [5, 5.41) is 0. The molecule has 0 spiro atoms. The average Bonchev–Trinajstić information content (AvgIpc) is 3.29. The van der Waals surface area contributed by atoms with Crippen molar-refractivity contribution in [1.29, 1.82) is 0 Å². The Morgan fingerprint density at radius 3 is 2.58 bits per heavy atom. The number of likely N-dealkylation sites (tertiary alicyclic amines) is 1. The van der Waals surface area contributed by atoms with Crippen molar-refractivity contribution >= 4 is 17.7 Å². The molecule has 7 heteroatoms. The Kier molecular flexibility index (Phi) is 7.28. The Balaban J connectivity index is 1.58. The summed E-state index contributed by atoms with van der Waals surface area (Å²) < 4.78 is 12.4. The number of rotatable bonds is 9. The van der Waals surface area contributed by atoms with Gasteiger partial charge in [-0.05, 0) is 32.4 Å². The summed E-state index contributed by atoms with van der Waals surface area (Å²) in [6.45, 7) is 6.92. The van der Waals surface area contributed by atoms with Crippen molar-refractivity contribution in [1.82, 2.24) is 9.47 Å². The fourth-order valence-corrected chi connectivity index (χ4v) is 4.12. The number of amides is 1. The molecule has 1 aliphatic rings. The van der Waals surface area contributed by atoms with Gasteiger partial charge in [0.1, 0.15) is 0 Å². The molecule has 1 aromatic heterocycles. The first-order valence-electron chi connectivity index (χ1n) is 10.5. The summed E-state index contributed by atoms with van der Waals surface area (Å²) in [7, 11) is 1.63. The predicted octanol–water partition coefficient (Wildman–Crippen LogP) is 3.09. The van der Waals surface area contributed by atoms with Gasteiger partial charge >= 0.3 is 5.97 Å². The fraction of sp³-hybridized carbons (Fsp3) is 0.458. The molecule has 2 aromatic rings. The van der Waals surface area contributed by atoms with Gasteiger partial charge in [-0.1, -0.05) is 30.3 Å². The van der Waals surface area contributed by atoms with Gasteiger partial charge in [-0.2, -0.15) is 0 Å². The van der Waals surface area contributed by atoms with Crippen LogP contribution in [-0.4, -0.2) is 54.0 Å². The van der Waals surface area contributed by atoms with Gasteiger partial charge in [-0.15, -0.1) is 0 Å². The second-order valence-corrected chi connectivity index (χ2v) is 7.99. The molecule has 31 heavy (non-hydrogen) atoms. The van der Waals surface area contributed by atoms with Crippen LogP contribution in [0.5, 0.6) is 0 Å². The number of methoxy groups -OCH3 is 1. The number of carbonyl (C=O) groups is 3. The number of ether oxygens (including phenoxy) is 2. The van der Waals surface area contributed by atoms with Gasteiger partial charge in [-0.25, -0.2) is 0 Å². The highest BCUT2D eigenvalue weighted by Gasteiger charge is 2.38. The number of aromatic nitrogens is 1. The number of esters is 1. The summed E-state index contributed by atoms with van der Waals surface area (Å²) in [6.07, 6.45) is 0.107. The molecule has 0 bridgehead atoms. The quantitative estimate of drug-likeness (QED) is 0.455. The Morgan fingerprint density at radius 1 is 1.19 bits per heavy atom. The highest BCUT2D eigenvalue weighted by molar-refractivity contribution is 5.99. The van der Waals surface area contributed by atoms with E-state index in [4.69, 9.17) is 9.47 Å². The summed E-state index contributed by atoms with van der Waals surface area (Å²) in [5.74, 6) is -1.38. The minimum atomic E-state index is -0.555. The first-order valence-corrected chi connectivity index (χ1v) is 10.5. The van der Waals surface area contributed by atoms with E-state index in [2.05, 4.69) is 0 Å². The molecule has 1 amide bonds. The van der Waals surface area contributed by atoms with Crippen LogP contribution in [0, 0.1) is 19.8 Å². The lowest BCUT2D eigenvalue weighted by Crippen LogP contribution is -2.30. The van der Waals surface area contributed by atoms with E-state index in [9.17, 15) is 14.4 Å². The number of benzene rings is 1. The molecule has 0 N–H and O–H groups in total. The van der Waals surface area contributed by atoms with Crippen LogP contribution in [0.4, 0.5) is 0 Å². The largest absolute Gasteiger partial charge is 0.457 e. The first kappa shape index (κ1) is 22.7. The SMILES string of the molecule is COCCn1c(C)cc(C(=O)COC(=O)[C@H]2CC(=O)N([C@@H](C)c3ccccc3)C2)c1C. The lowest BCUT2D eigenvalue weighted by molar-refractivity contribution is -0.147. The van der Waals surface area contributed by atoms with Gasteiger partial charge in [0.25, 0.3) is 0 Å². The molecule has 1 saturated heterocycles. The number of carbonyl (C=O) groups excluding carboxylic acids is 3. The fourth-order valence-electron chi connectivity index (χ4n) is 4.12. The van der Waals surface area contributed by atoms with Crippen molar-refractivity contribution in [3.05, 3.63) is 58.9 Å². The second kappa shape index (κ2) is 9.92. The Labute approximate surface area is 182 Å². The molecule has 166 valence electrons. The lowest BCUT2D eigenvalue weighted by Gasteiger charge is -2.25. The van der Waals surface area contributed by atoms with Crippen LogP contribution < -0.4 is 0 Å². The molecule has 0 aliphatic carbocycles. The van der Waals surface area contributed by atoms with Crippen LogP contribution in [0.25, 0.3) is 0 Å². The highest BCUT2D eigenvalue weighted by Crippen LogP contribution is 2.29. The van der Waals surface area contributed by atoms with Crippen molar-refractivity contribution in [2.24, 2.45) is 5.92 Å². The molecular formula is C24H30N2O5. The maximum atomic E-state index is 12.6. The Morgan fingerprint density at radius 2 is 1.90 bits per heavy atom. The summed E-state index contributed by atoms with van der Waals surface area (Å²) in [6, 6.07) is 11.4. The third-order valence-electron chi connectivity index (χ3n) is 5.98. The second-order valence-electron chi connectivity index (χ2n) is 7.99. The van der Waals surface area contributed by atoms with E-state index in [0.29, 0.717) is 25.3 Å². The van der Waals surface area contributed by atoms with Gasteiger partial charge in [0.15, 0.2) is 6.61 Å². The van der Waals surface area contributed by atoms with Gasteiger partial charge in [-0.3, -0.25) is 14.4 Å². The van der Waals surface area contributed by atoms with Crippen molar-refractivity contribution < 1.29 is 23.9 Å². The number of aryl methyl sites for hydroxylation is 1. The van der Waals surface area contributed by atoms with Crippen LogP contribution >= 0.6 is 0 Å². The number of nitrogens with zero attached hydrogens (tertiary/aromatic N) is 2. The van der Waals surface area contributed by atoms with Crippen molar-refractivity contribution in [2.75, 3.05) is 26.9 Å². The van der Waals surface area contributed by atoms with Gasteiger partial charge in [0.2, 0.25) is 11.7 Å². The Bertz CT molecular complexity index is 950. The molecule has 2 heterocycles. The number of hydrogen-bond donors (Lipinski definition) is 0. The summed E-state index contributed by atoms with van der Waals surface area (Å²) in [5.41, 5.74) is 3.35. The zero-order valence-corrected chi connectivity index (χ0v) is 18.6. The molecule has 1 aromatic carbocycles. The molecule has 0 radical (unpaired) electrons. The van der Waals surface area contributed by atoms with Crippen molar-refractivity contribution in [2.45, 2.75) is 39.8 Å². The molecule has 2 atom stereocenters. The van der Waals surface area contributed by atoms with Crippen LogP contribution in [0.2, 0.25) is 0 Å². The zero-order chi connectivity index (χ0) is 22.5. The van der Waals surface area contributed by atoms with Crippen LogP contribution in [-0.2, 0) is 25.6 Å². The summed E-state index contributed by atoms with van der Waals surface area (Å²) >= 11 is 0. The Hall–Kier alpha value is -2.93. The smallest absolute Gasteiger partial charge is 0.311 e. The normalized spacial score (nSPS) is 17.1. The highest BCUT2D eigenvalue weighted by atomic mass is 16.5. The van der Waals surface area contributed by atoms with E-state index in [0.717, 1.165) is 17.0 Å². The summed E-state index contributed by atoms with van der Waals surface area (Å²) in [4.78, 5) is 39.4. The monoisotopic (exact) mass is 426 g/mol. The maximum Gasteiger partial charge on any atom is 0.311 e. The van der Waals surface area contributed by atoms with E-state index in [1.165, 1.54) is 0 Å². The third kappa shape index (κ3) is 5.05. The molecule has 1 fully saturated rings. The molecule has 1 aliphatic heterocycles. The van der Waals surface area contributed by atoms with Crippen LogP contribution in [0.3, 0.4) is 0 Å². The third-order valence-corrected chi connectivity index (χ3v) is 5.98. The van der Waals surface area contributed by atoms with Crippen LogP contribution in [0.15, 0.2) is 36.4 Å². The predicted molar refractivity (Wildman–Crippen MR) is 116 cm³/mol. The minimum absolute atomic E-state index is 0.0775. The number of ketones is 1. The van der Waals surface area contributed by atoms with Crippen molar-refractivity contribution in [3.63, 3.8) is 0 Å². The van der Waals surface area contributed by atoms with Gasteiger partial charge in [0.05, 0.1) is 18.6 Å². The topological polar surface area (TPSA) is 77.8 Å².